The van der Waals surface area contributed by atoms with E-state index in [9.17, 15) is 4.79 Å². The van der Waals surface area contributed by atoms with Crippen LogP contribution in [0.2, 0.25) is 0 Å². The van der Waals surface area contributed by atoms with E-state index in [2.05, 4.69) is 33.0 Å². The fraction of sp³-hybridized carbons (Fsp3) is 0.944. The van der Waals surface area contributed by atoms with E-state index < -0.39 is 5.60 Å². The molecule has 0 aromatic heterocycles. The van der Waals surface area contributed by atoms with Crippen molar-refractivity contribution in [1.29, 1.82) is 0 Å². The van der Waals surface area contributed by atoms with Gasteiger partial charge in [-0.3, -0.25) is 0 Å². The van der Waals surface area contributed by atoms with Crippen LogP contribution in [0.25, 0.3) is 0 Å². The summed E-state index contributed by atoms with van der Waals surface area (Å²) < 4.78 is 5.43. The maximum atomic E-state index is 12.0. The van der Waals surface area contributed by atoms with Crippen LogP contribution in [-0.2, 0) is 4.74 Å². The molecule has 1 N–H and O–H groups in total. The number of hydrogen-bond donors (Lipinski definition) is 1. The third-order valence-corrected chi connectivity index (χ3v) is 4.63. The zero-order chi connectivity index (χ0) is 17.0. The van der Waals surface area contributed by atoms with Gasteiger partial charge in [-0.2, -0.15) is 0 Å². The van der Waals surface area contributed by atoms with Gasteiger partial charge in [0.1, 0.15) is 5.60 Å². The molecule has 1 atom stereocenters. The van der Waals surface area contributed by atoms with Crippen LogP contribution in [0.5, 0.6) is 0 Å². The Balaban J connectivity index is 2.24. The molecule has 4 nitrogen and oxygen atoms in total. The molecule has 0 aliphatic carbocycles. The summed E-state index contributed by atoms with van der Waals surface area (Å²) in [7, 11) is 0. The second-order valence-electron chi connectivity index (χ2n) is 8.84. The minimum atomic E-state index is -0.404. The first-order valence-corrected chi connectivity index (χ1v) is 8.67. The fourth-order valence-corrected chi connectivity index (χ4v) is 2.46. The number of carbonyl (C=O) groups excluding carboxylic acids is 1. The predicted octanol–water partition coefficient (Wildman–Crippen LogP) is 3.91. The molecule has 1 rings (SSSR count). The van der Waals surface area contributed by atoms with Gasteiger partial charge >= 0.3 is 6.09 Å². The maximum Gasteiger partial charge on any atom is 0.410 e. The summed E-state index contributed by atoms with van der Waals surface area (Å²) in [5, 5.41) is 3.61. The van der Waals surface area contributed by atoms with Gasteiger partial charge in [0.05, 0.1) is 0 Å². The highest BCUT2D eigenvalue weighted by molar-refractivity contribution is 5.68. The Bertz CT molecular complexity index is 347. The lowest BCUT2D eigenvalue weighted by atomic mass is 9.82. The van der Waals surface area contributed by atoms with Gasteiger partial charge < -0.3 is 15.0 Å². The van der Waals surface area contributed by atoms with Gasteiger partial charge in [0.25, 0.3) is 0 Å². The zero-order valence-corrected chi connectivity index (χ0v) is 15.7. The number of amides is 1. The lowest BCUT2D eigenvalue weighted by Crippen LogP contribution is -2.43. The molecule has 0 radical (unpaired) electrons. The largest absolute Gasteiger partial charge is 0.444 e. The van der Waals surface area contributed by atoms with Crippen molar-refractivity contribution in [3.63, 3.8) is 0 Å². The minimum absolute atomic E-state index is 0.166. The number of carbonyl (C=O) groups is 1. The van der Waals surface area contributed by atoms with Crippen LogP contribution < -0.4 is 5.32 Å². The van der Waals surface area contributed by atoms with Crippen LogP contribution in [0.3, 0.4) is 0 Å². The normalized spacial score (nSPS) is 19.1. The molecule has 130 valence electrons. The van der Waals surface area contributed by atoms with Crippen LogP contribution in [0, 0.1) is 17.3 Å². The van der Waals surface area contributed by atoms with Crippen LogP contribution in [0.4, 0.5) is 4.79 Å². The summed E-state index contributed by atoms with van der Waals surface area (Å²) in [5.74, 6) is 1.33. The summed E-state index contributed by atoms with van der Waals surface area (Å²) in [4.78, 5) is 13.9. The van der Waals surface area contributed by atoms with E-state index in [0.717, 1.165) is 39.0 Å². The van der Waals surface area contributed by atoms with Crippen molar-refractivity contribution in [3.8, 4) is 0 Å². The lowest BCUT2D eigenvalue weighted by molar-refractivity contribution is 0.0183. The van der Waals surface area contributed by atoms with Crippen molar-refractivity contribution in [2.24, 2.45) is 17.3 Å². The topological polar surface area (TPSA) is 41.6 Å². The number of ether oxygens (including phenoxy) is 1. The Morgan fingerprint density at radius 2 is 1.73 bits per heavy atom. The third kappa shape index (κ3) is 6.99. The second kappa shape index (κ2) is 7.67. The van der Waals surface area contributed by atoms with Gasteiger partial charge in [-0.05, 0) is 64.0 Å². The van der Waals surface area contributed by atoms with Crippen molar-refractivity contribution >= 4 is 6.09 Å². The fourth-order valence-electron chi connectivity index (χ4n) is 2.46. The molecular formula is C18H36N2O2. The lowest BCUT2D eigenvalue weighted by Gasteiger charge is -2.34. The van der Waals surface area contributed by atoms with Crippen molar-refractivity contribution in [3.05, 3.63) is 0 Å². The van der Waals surface area contributed by atoms with Crippen molar-refractivity contribution in [2.45, 2.75) is 66.9 Å². The second-order valence-corrected chi connectivity index (χ2v) is 8.84. The highest BCUT2D eigenvalue weighted by Gasteiger charge is 2.27. The molecule has 0 aromatic rings. The minimum Gasteiger partial charge on any atom is -0.444 e. The van der Waals surface area contributed by atoms with Gasteiger partial charge in [0.2, 0.25) is 0 Å². The zero-order valence-electron chi connectivity index (χ0n) is 15.7. The average Bonchev–Trinajstić information content (AvgIpc) is 2.36. The smallest absolute Gasteiger partial charge is 0.410 e. The molecule has 1 saturated heterocycles. The van der Waals surface area contributed by atoms with E-state index in [1.54, 1.807) is 0 Å². The van der Waals surface area contributed by atoms with Gasteiger partial charge in [0, 0.05) is 13.1 Å². The first kappa shape index (κ1) is 19.3. The van der Waals surface area contributed by atoms with Crippen molar-refractivity contribution < 1.29 is 9.53 Å². The number of piperidine rings is 1. The molecule has 0 aromatic carbocycles. The van der Waals surface area contributed by atoms with Crippen molar-refractivity contribution in [1.82, 2.24) is 10.2 Å². The SMILES string of the molecule is CC(CNCC1CCN(C(=O)OC(C)(C)C)CC1)C(C)(C)C. The van der Waals surface area contributed by atoms with Crippen LogP contribution in [-0.4, -0.2) is 42.8 Å². The number of nitrogens with one attached hydrogen (secondary N) is 1. The maximum absolute atomic E-state index is 12.0. The van der Waals surface area contributed by atoms with E-state index in [0.29, 0.717) is 17.3 Å². The van der Waals surface area contributed by atoms with Gasteiger partial charge in [-0.1, -0.05) is 27.7 Å². The van der Waals surface area contributed by atoms with E-state index in [1.165, 1.54) is 0 Å². The number of likely N-dealkylation sites (tertiary alicyclic amines) is 1. The molecule has 1 amide bonds. The molecule has 0 saturated carbocycles. The molecule has 4 heteroatoms. The van der Waals surface area contributed by atoms with Gasteiger partial charge in [-0.15, -0.1) is 0 Å². The number of rotatable bonds is 4. The Morgan fingerprint density at radius 3 is 2.18 bits per heavy atom. The van der Waals surface area contributed by atoms with Crippen LogP contribution in [0.1, 0.15) is 61.3 Å². The van der Waals surface area contributed by atoms with Gasteiger partial charge in [0.15, 0.2) is 0 Å². The summed E-state index contributed by atoms with van der Waals surface area (Å²) in [6.07, 6.45) is 1.96. The quantitative estimate of drug-likeness (QED) is 0.856. The highest BCUT2D eigenvalue weighted by Crippen LogP contribution is 2.25. The molecule has 1 unspecified atom stereocenters. The molecule has 1 aliphatic heterocycles. The molecule has 22 heavy (non-hydrogen) atoms. The Hall–Kier alpha value is -0.770. The number of hydrogen-bond acceptors (Lipinski definition) is 3. The summed E-state index contributed by atoms with van der Waals surface area (Å²) >= 11 is 0. The first-order chi connectivity index (χ1) is 9.99. The van der Waals surface area contributed by atoms with Crippen molar-refractivity contribution in [2.75, 3.05) is 26.2 Å². The average molecular weight is 312 g/mol. The summed E-state index contributed by atoms with van der Waals surface area (Å²) in [6.45, 7) is 18.7. The highest BCUT2D eigenvalue weighted by atomic mass is 16.6. The van der Waals surface area contributed by atoms with Crippen LogP contribution >= 0.6 is 0 Å². The van der Waals surface area contributed by atoms with E-state index in [-0.39, 0.29) is 6.09 Å². The molecular weight excluding hydrogens is 276 g/mol. The summed E-state index contributed by atoms with van der Waals surface area (Å²) in [5.41, 5.74) is -0.0499. The number of nitrogens with zero attached hydrogens (tertiary/aromatic N) is 1. The van der Waals surface area contributed by atoms with E-state index >= 15 is 0 Å². The molecule has 1 fully saturated rings. The summed E-state index contributed by atoms with van der Waals surface area (Å²) in [6, 6.07) is 0. The molecule has 1 heterocycles. The van der Waals surface area contributed by atoms with E-state index in [4.69, 9.17) is 4.74 Å². The molecule has 0 spiro atoms. The standard InChI is InChI=1S/C18H36N2O2/c1-14(17(2,3)4)12-19-13-15-8-10-20(11-9-15)16(21)22-18(5,6)7/h14-15,19H,8-13H2,1-7H3. The third-order valence-electron chi connectivity index (χ3n) is 4.63. The molecule has 1 aliphatic rings. The first-order valence-electron chi connectivity index (χ1n) is 8.67. The Morgan fingerprint density at radius 1 is 1.18 bits per heavy atom. The predicted molar refractivity (Wildman–Crippen MR) is 92.0 cm³/mol. The van der Waals surface area contributed by atoms with Gasteiger partial charge in [-0.25, -0.2) is 4.79 Å². The van der Waals surface area contributed by atoms with Crippen LogP contribution in [0.15, 0.2) is 0 Å². The monoisotopic (exact) mass is 312 g/mol. The molecule has 0 bridgehead atoms. The Kier molecular flexibility index (Phi) is 6.72. The van der Waals surface area contributed by atoms with E-state index in [1.807, 2.05) is 25.7 Å². The Labute approximate surface area is 137 Å².